The van der Waals surface area contributed by atoms with Crippen molar-refractivity contribution in [2.24, 2.45) is 0 Å². The maximum atomic E-state index is 12.7. The molecule has 7 heteroatoms. The van der Waals surface area contributed by atoms with Gasteiger partial charge in [-0.3, -0.25) is 10.1 Å². The SMILES string of the molecule is CNC(=O)NC(=O)[C@@H](Sc1nc(C)nc2ccccc12)c1ccccc1. The van der Waals surface area contributed by atoms with Gasteiger partial charge in [-0.2, -0.15) is 0 Å². The van der Waals surface area contributed by atoms with Gasteiger partial charge in [-0.25, -0.2) is 14.8 Å². The van der Waals surface area contributed by atoms with Gasteiger partial charge in [0.25, 0.3) is 0 Å². The van der Waals surface area contributed by atoms with Crippen molar-refractivity contribution >= 4 is 34.6 Å². The first-order valence-electron chi connectivity index (χ1n) is 8.06. The average Bonchev–Trinajstić information content (AvgIpc) is 2.66. The van der Waals surface area contributed by atoms with Gasteiger partial charge in [0.05, 0.1) is 5.52 Å². The largest absolute Gasteiger partial charge is 0.341 e. The summed E-state index contributed by atoms with van der Waals surface area (Å²) in [5.74, 6) is 0.227. The zero-order chi connectivity index (χ0) is 18.5. The van der Waals surface area contributed by atoms with E-state index in [1.807, 2.05) is 61.5 Å². The predicted octanol–water partition coefficient (Wildman–Crippen LogP) is 3.23. The number of benzene rings is 2. The number of thioether (sulfide) groups is 1. The minimum atomic E-state index is -0.619. The fourth-order valence-corrected chi connectivity index (χ4v) is 3.67. The molecule has 26 heavy (non-hydrogen) atoms. The molecule has 0 aliphatic carbocycles. The summed E-state index contributed by atoms with van der Waals surface area (Å²) in [5.41, 5.74) is 1.61. The van der Waals surface area contributed by atoms with Gasteiger partial charge in [0.1, 0.15) is 16.1 Å². The van der Waals surface area contributed by atoms with Crippen LogP contribution in [0, 0.1) is 6.92 Å². The number of imide groups is 1. The van der Waals surface area contributed by atoms with Gasteiger partial charge in [0.15, 0.2) is 0 Å². The molecule has 2 aromatic carbocycles. The second kappa shape index (κ2) is 7.97. The lowest BCUT2D eigenvalue weighted by Crippen LogP contribution is -2.39. The van der Waals surface area contributed by atoms with E-state index in [9.17, 15) is 9.59 Å². The number of nitrogens with zero attached hydrogens (tertiary/aromatic N) is 2. The standard InChI is InChI=1S/C19H18N4O2S/c1-12-21-15-11-7-6-10-14(15)18(22-12)26-16(13-8-4-3-5-9-13)17(24)23-19(25)20-2/h3-11,16H,1-2H3,(H2,20,23,24,25)/t16-/m0/s1. The molecule has 6 nitrogen and oxygen atoms in total. The third kappa shape index (κ3) is 4.00. The van der Waals surface area contributed by atoms with E-state index >= 15 is 0 Å². The molecule has 0 spiro atoms. The molecule has 1 aromatic heterocycles. The molecule has 0 unspecified atom stereocenters. The number of amides is 3. The molecule has 3 aromatic rings. The van der Waals surface area contributed by atoms with Gasteiger partial charge in [0.2, 0.25) is 5.91 Å². The highest BCUT2D eigenvalue weighted by Gasteiger charge is 2.25. The van der Waals surface area contributed by atoms with E-state index in [1.165, 1.54) is 18.8 Å². The van der Waals surface area contributed by atoms with Crippen LogP contribution in [0.25, 0.3) is 10.9 Å². The Balaban J connectivity index is 2.01. The lowest BCUT2D eigenvalue weighted by molar-refractivity contribution is -0.119. The van der Waals surface area contributed by atoms with Crippen LogP contribution in [0.3, 0.4) is 0 Å². The Morgan fingerprint density at radius 2 is 1.69 bits per heavy atom. The molecule has 0 saturated heterocycles. The maximum Gasteiger partial charge on any atom is 0.321 e. The zero-order valence-electron chi connectivity index (χ0n) is 14.4. The summed E-state index contributed by atoms with van der Waals surface area (Å²) in [6, 6.07) is 16.4. The third-order valence-electron chi connectivity index (χ3n) is 3.71. The van der Waals surface area contributed by atoms with E-state index < -0.39 is 17.2 Å². The fourth-order valence-electron chi connectivity index (χ4n) is 2.50. The van der Waals surface area contributed by atoms with Crippen LogP contribution in [0.2, 0.25) is 0 Å². The maximum absolute atomic E-state index is 12.7. The number of carbonyl (C=O) groups excluding carboxylic acids is 2. The molecular formula is C19H18N4O2S. The van der Waals surface area contributed by atoms with Gasteiger partial charge < -0.3 is 5.32 Å². The number of urea groups is 1. The van der Waals surface area contributed by atoms with Crippen LogP contribution in [-0.2, 0) is 4.79 Å². The van der Waals surface area contributed by atoms with Crippen LogP contribution >= 0.6 is 11.8 Å². The van der Waals surface area contributed by atoms with Gasteiger partial charge >= 0.3 is 6.03 Å². The Morgan fingerprint density at radius 1 is 1.00 bits per heavy atom. The molecule has 0 saturated carbocycles. The minimum Gasteiger partial charge on any atom is -0.341 e. The molecule has 2 N–H and O–H groups in total. The van der Waals surface area contributed by atoms with Crippen molar-refractivity contribution in [1.29, 1.82) is 0 Å². The average molecular weight is 366 g/mol. The summed E-state index contributed by atoms with van der Waals surface area (Å²) < 4.78 is 0. The highest BCUT2D eigenvalue weighted by atomic mass is 32.2. The van der Waals surface area contributed by atoms with Crippen molar-refractivity contribution in [3.63, 3.8) is 0 Å². The van der Waals surface area contributed by atoms with Crippen LogP contribution in [0.4, 0.5) is 4.79 Å². The Bertz CT molecular complexity index is 947. The van der Waals surface area contributed by atoms with Crippen LogP contribution in [0.5, 0.6) is 0 Å². The molecule has 0 aliphatic heterocycles. The number of rotatable bonds is 4. The van der Waals surface area contributed by atoms with Crippen LogP contribution in [-0.4, -0.2) is 29.0 Å². The van der Waals surface area contributed by atoms with Crippen molar-refractivity contribution in [2.75, 3.05) is 7.05 Å². The van der Waals surface area contributed by atoms with Crippen LogP contribution in [0.15, 0.2) is 59.6 Å². The number of carbonyl (C=O) groups is 2. The molecule has 132 valence electrons. The summed E-state index contributed by atoms with van der Waals surface area (Å²) >= 11 is 1.30. The Kier molecular flexibility index (Phi) is 5.48. The first kappa shape index (κ1) is 17.9. The van der Waals surface area contributed by atoms with Crippen molar-refractivity contribution in [1.82, 2.24) is 20.6 Å². The smallest absolute Gasteiger partial charge is 0.321 e. The summed E-state index contributed by atoms with van der Waals surface area (Å²) in [6.07, 6.45) is 0. The summed E-state index contributed by atoms with van der Waals surface area (Å²) in [7, 11) is 1.47. The van der Waals surface area contributed by atoms with E-state index in [-0.39, 0.29) is 0 Å². The highest BCUT2D eigenvalue weighted by Crippen LogP contribution is 2.37. The molecular weight excluding hydrogens is 348 g/mol. The molecule has 0 fully saturated rings. The van der Waals surface area contributed by atoms with E-state index in [2.05, 4.69) is 20.6 Å². The number of para-hydroxylation sites is 1. The third-order valence-corrected chi connectivity index (χ3v) is 4.97. The molecule has 3 rings (SSSR count). The van der Waals surface area contributed by atoms with Crippen molar-refractivity contribution < 1.29 is 9.59 Å². The van der Waals surface area contributed by atoms with E-state index in [0.29, 0.717) is 10.9 Å². The quantitative estimate of drug-likeness (QED) is 0.547. The normalized spacial score (nSPS) is 11.8. The van der Waals surface area contributed by atoms with Crippen molar-refractivity contribution in [3.8, 4) is 0 Å². The topological polar surface area (TPSA) is 84.0 Å². The fraction of sp³-hybridized carbons (Fsp3) is 0.158. The number of aromatic nitrogens is 2. The number of nitrogens with one attached hydrogen (secondary N) is 2. The number of hydrogen-bond donors (Lipinski definition) is 2. The van der Waals surface area contributed by atoms with Gasteiger partial charge in [-0.1, -0.05) is 60.3 Å². The molecule has 3 amide bonds. The number of fused-ring (bicyclic) bond motifs is 1. The van der Waals surface area contributed by atoms with Crippen molar-refractivity contribution in [3.05, 3.63) is 66.0 Å². The van der Waals surface area contributed by atoms with Gasteiger partial charge in [-0.05, 0) is 18.6 Å². The number of hydrogen-bond acceptors (Lipinski definition) is 5. The van der Waals surface area contributed by atoms with Crippen molar-refractivity contribution in [2.45, 2.75) is 17.2 Å². The first-order valence-corrected chi connectivity index (χ1v) is 8.94. The Labute approximate surface area is 155 Å². The lowest BCUT2D eigenvalue weighted by Gasteiger charge is -2.17. The second-order valence-corrected chi connectivity index (χ2v) is 6.66. The highest BCUT2D eigenvalue weighted by molar-refractivity contribution is 8.00. The molecule has 1 heterocycles. The van der Waals surface area contributed by atoms with E-state index in [0.717, 1.165) is 16.5 Å². The Hall–Kier alpha value is -2.93. The predicted molar refractivity (Wildman–Crippen MR) is 102 cm³/mol. The van der Waals surface area contributed by atoms with Crippen LogP contribution in [0.1, 0.15) is 16.6 Å². The monoisotopic (exact) mass is 366 g/mol. The minimum absolute atomic E-state index is 0.402. The first-order chi connectivity index (χ1) is 12.6. The number of aryl methyl sites for hydroxylation is 1. The van der Waals surface area contributed by atoms with Gasteiger partial charge in [0, 0.05) is 12.4 Å². The van der Waals surface area contributed by atoms with Gasteiger partial charge in [-0.15, -0.1) is 0 Å². The summed E-state index contributed by atoms with van der Waals surface area (Å²) in [4.78, 5) is 33.3. The molecule has 0 bridgehead atoms. The van der Waals surface area contributed by atoms with E-state index in [1.54, 1.807) is 0 Å². The van der Waals surface area contributed by atoms with E-state index in [4.69, 9.17) is 0 Å². The van der Waals surface area contributed by atoms with Crippen LogP contribution < -0.4 is 10.6 Å². The molecule has 1 atom stereocenters. The summed E-state index contributed by atoms with van der Waals surface area (Å²) in [6.45, 7) is 1.82. The zero-order valence-corrected chi connectivity index (χ0v) is 15.2. The lowest BCUT2D eigenvalue weighted by atomic mass is 10.1. The Morgan fingerprint density at radius 3 is 2.42 bits per heavy atom. The summed E-state index contributed by atoms with van der Waals surface area (Å²) in [5, 5.41) is 5.71. The molecule has 0 aliphatic rings. The second-order valence-electron chi connectivity index (χ2n) is 5.57. The molecule has 0 radical (unpaired) electrons.